The third-order valence-corrected chi connectivity index (χ3v) is 7.29. The first kappa shape index (κ1) is 20.1. The summed E-state index contributed by atoms with van der Waals surface area (Å²) in [5.41, 5.74) is 0.636. The average molecular weight is 444 g/mol. The number of rotatable bonds is 5. The molecule has 30 heavy (non-hydrogen) atoms. The van der Waals surface area contributed by atoms with E-state index < -0.39 is 10.0 Å². The van der Waals surface area contributed by atoms with Crippen molar-refractivity contribution in [1.29, 1.82) is 5.26 Å². The third-order valence-electron chi connectivity index (χ3n) is 4.62. The highest BCUT2D eigenvalue weighted by molar-refractivity contribution is 7.93. The van der Waals surface area contributed by atoms with Crippen LogP contribution < -0.4 is 4.72 Å². The Hall–Kier alpha value is -3.23. The van der Waals surface area contributed by atoms with Gasteiger partial charge in [0, 0.05) is 18.0 Å². The number of likely N-dealkylation sites (tertiary alicyclic amines) is 1. The molecule has 1 aromatic carbocycles. The van der Waals surface area contributed by atoms with E-state index in [4.69, 9.17) is 9.68 Å². The van der Waals surface area contributed by atoms with Crippen LogP contribution in [0.2, 0.25) is 0 Å². The zero-order chi connectivity index (χ0) is 21.3. The van der Waals surface area contributed by atoms with Crippen LogP contribution in [0.4, 0.5) is 5.69 Å². The van der Waals surface area contributed by atoms with Crippen molar-refractivity contribution >= 4 is 33.0 Å². The van der Waals surface area contributed by atoms with Gasteiger partial charge in [-0.15, -0.1) is 21.5 Å². The monoisotopic (exact) mass is 443 g/mol. The number of sulfonamides is 1. The second kappa shape index (κ2) is 7.89. The molecule has 0 spiro atoms. The highest BCUT2D eigenvalue weighted by Crippen LogP contribution is 2.34. The van der Waals surface area contributed by atoms with E-state index in [1.54, 1.807) is 30.0 Å². The van der Waals surface area contributed by atoms with E-state index in [1.165, 1.54) is 23.5 Å². The molecule has 0 saturated carbocycles. The summed E-state index contributed by atoms with van der Waals surface area (Å²) in [5.74, 6) is -0.321. The van der Waals surface area contributed by atoms with Gasteiger partial charge in [0.1, 0.15) is 4.90 Å². The number of thiophene rings is 1. The van der Waals surface area contributed by atoms with Crippen LogP contribution in [0, 0.1) is 18.3 Å². The molecular formula is C19H17N5O4S2. The number of nitrogens with zero attached hydrogens (tertiary/aromatic N) is 4. The van der Waals surface area contributed by atoms with Crippen LogP contribution >= 0.6 is 11.3 Å². The van der Waals surface area contributed by atoms with Gasteiger partial charge in [0.15, 0.2) is 0 Å². The van der Waals surface area contributed by atoms with Crippen LogP contribution in [0.25, 0.3) is 10.8 Å². The van der Waals surface area contributed by atoms with Crippen molar-refractivity contribution in [3.63, 3.8) is 0 Å². The first-order valence-electron chi connectivity index (χ1n) is 9.14. The van der Waals surface area contributed by atoms with E-state index in [-0.39, 0.29) is 28.3 Å². The number of amides is 1. The van der Waals surface area contributed by atoms with Gasteiger partial charge in [-0.05, 0) is 44.0 Å². The fourth-order valence-electron chi connectivity index (χ4n) is 3.16. The molecular weight excluding hydrogens is 426 g/mol. The SMILES string of the molecule is Cc1sc(-c2nnc(C(=O)N3CCCC3)o2)cc1S(=O)(=O)Nc1cccc(C#N)c1. The molecule has 0 bridgehead atoms. The zero-order valence-corrected chi connectivity index (χ0v) is 17.6. The number of aromatic nitrogens is 2. The molecule has 2 aromatic heterocycles. The minimum atomic E-state index is -3.89. The van der Waals surface area contributed by atoms with Crippen LogP contribution in [0.3, 0.4) is 0 Å². The minimum absolute atomic E-state index is 0.0653. The smallest absolute Gasteiger partial charge is 0.311 e. The molecule has 1 saturated heterocycles. The number of benzene rings is 1. The molecule has 154 valence electrons. The van der Waals surface area contributed by atoms with Gasteiger partial charge in [0.25, 0.3) is 15.9 Å². The summed E-state index contributed by atoms with van der Waals surface area (Å²) < 4.78 is 33.7. The first-order valence-corrected chi connectivity index (χ1v) is 11.4. The standard InChI is InChI=1S/C19H17N5O4S2/c1-12-16(30(26,27)23-14-6-4-5-13(9-14)11-20)10-15(29-12)17-21-22-18(28-17)19(25)24-7-2-3-8-24/h4-6,9-10,23H,2-3,7-8H2,1H3. The summed E-state index contributed by atoms with van der Waals surface area (Å²) in [6, 6.07) is 9.61. The Bertz CT molecular complexity index is 1250. The number of carbonyl (C=O) groups is 1. The second-order valence-corrected chi connectivity index (χ2v) is 9.65. The maximum Gasteiger partial charge on any atom is 0.311 e. The highest BCUT2D eigenvalue weighted by atomic mass is 32.2. The van der Waals surface area contributed by atoms with E-state index in [2.05, 4.69) is 14.9 Å². The maximum absolute atomic E-state index is 12.8. The molecule has 4 rings (SSSR count). The summed E-state index contributed by atoms with van der Waals surface area (Å²) in [6.07, 6.45) is 1.89. The normalized spacial score (nSPS) is 13.9. The highest BCUT2D eigenvalue weighted by Gasteiger charge is 2.27. The van der Waals surface area contributed by atoms with Crippen LogP contribution in [-0.2, 0) is 10.0 Å². The summed E-state index contributed by atoms with van der Waals surface area (Å²) in [6.45, 7) is 2.99. The number of anilines is 1. The van der Waals surface area contributed by atoms with Gasteiger partial charge in [-0.3, -0.25) is 9.52 Å². The van der Waals surface area contributed by atoms with Crippen LogP contribution in [0.15, 0.2) is 39.6 Å². The van der Waals surface area contributed by atoms with Gasteiger partial charge in [0.2, 0.25) is 0 Å². The van der Waals surface area contributed by atoms with Gasteiger partial charge in [-0.2, -0.15) is 5.26 Å². The number of nitriles is 1. The van der Waals surface area contributed by atoms with Gasteiger partial charge in [0.05, 0.1) is 22.2 Å². The summed E-state index contributed by atoms with van der Waals surface area (Å²) in [5, 5.41) is 16.7. The molecule has 1 amide bonds. The number of aryl methyl sites for hydroxylation is 1. The van der Waals surface area contributed by atoms with E-state index in [1.807, 2.05) is 6.07 Å². The molecule has 0 atom stereocenters. The fraction of sp³-hybridized carbons (Fsp3) is 0.263. The van der Waals surface area contributed by atoms with Crippen LogP contribution in [-0.4, -0.2) is 42.5 Å². The van der Waals surface area contributed by atoms with Crippen molar-refractivity contribution in [3.8, 4) is 16.8 Å². The maximum atomic E-state index is 12.8. The number of nitrogens with one attached hydrogen (secondary N) is 1. The van der Waals surface area contributed by atoms with Gasteiger partial charge >= 0.3 is 11.8 Å². The molecule has 9 nitrogen and oxygen atoms in total. The number of hydrogen-bond acceptors (Lipinski definition) is 8. The van der Waals surface area contributed by atoms with Crippen LogP contribution in [0.1, 0.15) is 34.0 Å². The molecule has 1 aliphatic heterocycles. The number of hydrogen-bond donors (Lipinski definition) is 1. The lowest BCUT2D eigenvalue weighted by molar-refractivity contribution is 0.0754. The molecule has 1 fully saturated rings. The molecule has 0 radical (unpaired) electrons. The molecule has 0 aliphatic carbocycles. The summed E-state index contributed by atoms with van der Waals surface area (Å²) >= 11 is 1.18. The molecule has 11 heteroatoms. The second-order valence-electron chi connectivity index (χ2n) is 6.74. The zero-order valence-electron chi connectivity index (χ0n) is 16.0. The Kier molecular flexibility index (Phi) is 5.27. The summed E-state index contributed by atoms with van der Waals surface area (Å²) in [7, 11) is -3.89. The van der Waals surface area contributed by atoms with Gasteiger partial charge in [-0.25, -0.2) is 8.42 Å². The first-order chi connectivity index (χ1) is 14.4. The largest absolute Gasteiger partial charge is 0.411 e. The van der Waals surface area contributed by atoms with Crippen molar-refractivity contribution < 1.29 is 17.6 Å². The average Bonchev–Trinajstić information content (AvgIpc) is 3.47. The van der Waals surface area contributed by atoms with Crippen LogP contribution in [0.5, 0.6) is 0 Å². The van der Waals surface area contributed by atoms with Gasteiger partial charge < -0.3 is 9.32 Å². The van der Waals surface area contributed by atoms with E-state index in [9.17, 15) is 13.2 Å². The van der Waals surface area contributed by atoms with Crippen molar-refractivity contribution in [3.05, 3.63) is 46.7 Å². The fourth-order valence-corrected chi connectivity index (χ4v) is 5.73. The number of carbonyl (C=O) groups excluding carboxylic acids is 1. The lowest BCUT2D eigenvalue weighted by Gasteiger charge is -2.11. The molecule has 3 aromatic rings. The lowest BCUT2D eigenvalue weighted by Crippen LogP contribution is -2.27. The molecule has 1 aliphatic rings. The Morgan fingerprint density at radius 2 is 2.03 bits per heavy atom. The van der Waals surface area contributed by atoms with E-state index in [0.717, 1.165) is 12.8 Å². The summed E-state index contributed by atoms with van der Waals surface area (Å²) in [4.78, 5) is 15.1. The Morgan fingerprint density at radius 3 is 2.77 bits per heavy atom. The predicted molar refractivity (Wildman–Crippen MR) is 109 cm³/mol. The topological polar surface area (TPSA) is 129 Å². The Labute approximate surface area is 177 Å². The minimum Gasteiger partial charge on any atom is -0.411 e. The van der Waals surface area contributed by atoms with E-state index in [0.29, 0.717) is 28.4 Å². The lowest BCUT2D eigenvalue weighted by atomic mass is 10.2. The predicted octanol–water partition coefficient (Wildman–Crippen LogP) is 3.02. The van der Waals surface area contributed by atoms with Crippen molar-refractivity contribution in [2.45, 2.75) is 24.7 Å². The van der Waals surface area contributed by atoms with Crippen molar-refractivity contribution in [2.75, 3.05) is 17.8 Å². The molecule has 3 heterocycles. The molecule has 1 N–H and O–H groups in total. The third kappa shape index (κ3) is 3.92. The molecule has 0 unspecified atom stereocenters. The van der Waals surface area contributed by atoms with Crippen molar-refractivity contribution in [1.82, 2.24) is 15.1 Å². The van der Waals surface area contributed by atoms with E-state index >= 15 is 0 Å². The Morgan fingerprint density at radius 1 is 1.27 bits per heavy atom. The Balaban J connectivity index is 1.58. The van der Waals surface area contributed by atoms with Gasteiger partial charge in [-0.1, -0.05) is 6.07 Å². The quantitative estimate of drug-likeness (QED) is 0.641. The van der Waals surface area contributed by atoms with Crippen molar-refractivity contribution in [2.24, 2.45) is 0 Å².